The van der Waals surface area contributed by atoms with Crippen molar-refractivity contribution in [3.05, 3.63) is 12.2 Å². The summed E-state index contributed by atoms with van der Waals surface area (Å²) in [4.78, 5) is 14.8. The lowest BCUT2D eigenvalue weighted by molar-refractivity contribution is -0.375. The maximum atomic E-state index is 14.8. The molecule has 0 aromatic heterocycles. The van der Waals surface area contributed by atoms with Crippen LogP contribution in [0.1, 0.15) is 78.6 Å². The van der Waals surface area contributed by atoms with Crippen LogP contribution in [-0.2, 0) is 61.6 Å². The third kappa shape index (κ3) is 12.2. The van der Waals surface area contributed by atoms with Crippen LogP contribution in [0.15, 0.2) is 12.2 Å². The molecule has 32 heteroatoms. The lowest BCUT2D eigenvalue weighted by atomic mass is 9.41. The first-order valence-corrected chi connectivity index (χ1v) is 30.3. The summed E-state index contributed by atoms with van der Waals surface area (Å²) in [7, 11) is 0. The van der Waals surface area contributed by atoms with Gasteiger partial charge in [0, 0.05) is 0 Å². The molecule has 6 saturated heterocycles. The summed E-state index contributed by atoms with van der Waals surface area (Å²) in [5.41, 5.74) is -2.28. The lowest BCUT2D eigenvalue weighted by Gasteiger charge is -2.64. The summed E-state index contributed by atoms with van der Waals surface area (Å²) in [6.07, 6.45) is -46.7. The van der Waals surface area contributed by atoms with Crippen LogP contribution in [0, 0.1) is 28.1 Å². The van der Waals surface area contributed by atoms with Crippen molar-refractivity contribution in [3.63, 3.8) is 0 Å². The van der Waals surface area contributed by atoms with E-state index < -0.39 is 240 Å². The van der Waals surface area contributed by atoms with Gasteiger partial charge in [-0.05, 0) is 93.5 Å². The molecule has 32 nitrogen and oxygen atoms in total. The number of esters is 1. The molecule has 4 aliphatic carbocycles. The Bertz CT molecular complexity index is 2380. The van der Waals surface area contributed by atoms with Crippen molar-refractivity contribution in [2.75, 3.05) is 33.0 Å². The fourth-order valence-electron chi connectivity index (χ4n) is 16.2. The zero-order valence-electron chi connectivity index (χ0n) is 48.9. The van der Waals surface area contributed by atoms with Crippen LogP contribution in [0.3, 0.4) is 0 Å². The fraction of sp³-hybridized carbons (Fsp3) is 0.946. The predicted octanol–water partition coefficient (Wildman–Crippen LogP) is -8.44. The van der Waals surface area contributed by atoms with E-state index in [1.54, 1.807) is 13.8 Å². The Labute approximate surface area is 505 Å². The molecule has 36 atom stereocenters. The quantitative estimate of drug-likeness (QED) is 0.0365. The van der Waals surface area contributed by atoms with Gasteiger partial charge in [-0.15, -0.1) is 0 Å². The van der Waals surface area contributed by atoms with E-state index >= 15 is 0 Å². The summed E-state index contributed by atoms with van der Waals surface area (Å²) in [6.45, 7) is 6.10. The van der Waals surface area contributed by atoms with Crippen molar-refractivity contribution >= 4 is 5.97 Å². The smallest absolute Gasteiger partial charge is 0.314 e. The van der Waals surface area contributed by atoms with Gasteiger partial charge in [0.1, 0.15) is 140 Å². The van der Waals surface area contributed by atoms with Crippen LogP contribution < -0.4 is 0 Å². The molecule has 10 aliphatic rings. The molecule has 4 saturated carbocycles. The first-order valence-electron chi connectivity index (χ1n) is 30.3. The fourth-order valence-corrected chi connectivity index (χ4v) is 16.2. The van der Waals surface area contributed by atoms with Gasteiger partial charge in [0.15, 0.2) is 31.5 Å². The van der Waals surface area contributed by atoms with Crippen LogP contribution in [-0.4, -0.2) is 326 Å². The molecule has 506 valence electrons. The van der Waals surface area contributed by atoms with Crippen molar-refractivity contribution in [3.8, 4) is 0 Å². The standard InChI is InChI=1S/C56H90O32/c1-19-12-55-10-6-26-53(3,27(55)7-11-56(19,18-55)88-51-45(37(69)28(60)20(2)79-51)86-48-41(73)34(66)30(62)22(14-58)81-48)8-5-9-54(26,4)52(76)87-50-43(75)38(70)44(23(15-59)82-50)85-49-42(74)36(68)32(64)25(84-49)17-78-47-40(72)35(67)31(63)24(83-47)16-77-46-39(71)33(65)29(61)21(13-57)80-46/h20-51,57-75H,1,5-18H2,2-4H3. The third-order valence-electron chi connectivity index (χ3n) is 21.2. The van der Waals surface area contributed by atoms with E-state index in [2.05, 4.69) is 13.5 Å². The second kappa shape index (κ2) is 26.7. The highest BCUT2D eigenvalue weighted by Crippen LogP contribution is 2.74. The highest BCUT2D eigenvalue weighted by Gasteiger charge is 2.70. The number of rotatable bonds is 17. The molecule has 6 heterocycles. The van der Waals surface area contributed by atoms with Crippen molar-refractivity contribution < 1.29 is 159 Å². The maximum absolute atomic E-state index is 14.8. The average molecular weight is 1280 g/mol. The lowest BCUT2D eigenvalue weighted by Crippen LogP contribution is -2.65. The van der Waals surface area contributed by atoms with E-state index in [9.17, 15) is 102 Å². The zero-order valence-corrected chi connectivity index (χ0v) is 48.9. The Kier molecular flexibility index (Phi) is 20.9. The predicted molar refractivity (Wildman–Crippen MR) is 283 cm³/mol. The Morgan fingerprint density at radius 2 is 0.920 bits per heavy atom. The number of carbonyl (C=O) groups is 1. The zero-order chi connectivity index (χ0) is 64.0. The number of hydrogen-bond acceptors (Lipinski definition) is 32. The molecule has 6 aliphatic heterocycles. The molecule has 0 aromatic rings. The summed E-state index contributed by atoms with van der Waals surface area (Å²) in [6, 6.07) is 0. The Balaban J connectivity index is 0.762. The van der Waals surface area contributed by atoms with Gasteiger partial charge < -0.3 is 154 Å². The number of hydrogen-bond donors (Lipinski definition) is 19. The molecule has 1 spiro atoms. The Morgan fingerprint density at radius 1 is 0.477 bits per heavy atom. The van der Waals surface area contributed by atoms with Gasteiger partial charge in [0.05, 0.1) is 50.2 Å². The van der Waals surface area contributed by atoms with Gasteiger partial charge in [-0.1, -0.05) is 19.9 Å². The first-order chi connectivity index (χ1) is 41.5. The highest BCUT2D eigenvalue weighted by molar-refractivity contribution is 5.77. The van der Waals surface area contributed by atoms with Crippen LogP contribution in [0.2, 0.25) is 0 Å². The molecule has 36 unspecified atom stereocenters. The van der Waals surface area contributed by atoms with Crippen molar-refractivity contribution in [1.29, 1.82) is 0 Å². The molecular formula is C56H90O32. The minimum Gasteiger partial charge on any atom is -0.432 e. The molecule has 0 aromatic carbocycles. The molecule has 0 amide bonds. The van der Waals surface area contributed by atoms with E-state index in [-0.39, 0.29) is 17.3 Å². The highest BCUT2D eigenvalue weighted by atomic mass is 16.8. The van der Waals surface area contributed by atoms with Gasteiger partial charge in [-0.25, -0.2) is 0 Å². The van der Waals surface area contributed by atoms with Crippen LogP contribution in [0.4, 0.5) is 0 Å². The molecule has 88 heavy (non-hydrogen) atoms. The number of ether oxygens (including phenoxy) is 12. The molecule has 19 N–H and O–H groups in total. The van der Waals surface area contributed by atoms with Gasteiger partial charge in [-0.2, -0.15) is 0 Å². The topological polar surface area (TPSA) is 512 Å². The average Bonchev–Trinajstić information content (AvgIpc) is 1.40. The number of carbonyl (C=O) groups excluding carboxylic acids is 1. The first kappa shape index (κ1) is 68.9. The second-order valence-corrected chi connectivity index (χ2v) is 26.5. The summed E-state index contributed by atoms with van der Waals surface area (Å²) in [5.74, 6) is -1.00. The normalized spacial score (nSPS) is 55.0. The molecule has 10 fully saturated rings. The van der Waals surface area contributed by atoms with Crippen molar-refractivity contribution in [2.45, 2.75) is 268 Å². The minimum atomic E-state index is -2.06. The van der Waals surface area contributed by atoms with Crippen molar-refractivity contribution in [1.82, 2.24) is 0 Å². The Morgan fingerprint density at radius 3 is 1.47 bits per heavy atom. The van der Waals surface area contributed by atoms with E-state index in [4.69, 9.17) is 56.8 Å². The number of aliphatic hydroxyl groups excluding tert-OH is 19. The van der Waals surface area contributed by atoms with Crippen molar-refractivity contribution in [2.24, 2.45) is 28.1 Å². The van der Waals surface area contributed by atoms with E-state index in [0.717, 1.165) is 12.0 Å². The summed E-state index contributed by atoms with van der Waals surface area (Å²) < 4.78 is 70.2. The monoisotopic (exact) mass is 1270 g/mol. The molecular weight excluding hydrogens is 1180 g/mol. The minimum absolute atomic E-state index is 0.0162. The second-order valence-electron chi connectivity index (χ2n) is 26.5. The molecule has 2 bridgehead atoms. The molecule has 10 rings (SSSR count). The van der Waals surface area contributed by atoms with E-state index in [1.165, 1.54) is 0 Å². The van der Waals surface area contributed by atoms with Gasteiger partial charge in [0.2, 0.25) is 6.29 Å². The number of aliphatic hydroxyl groups is 19. The van der Waals surface area contributed by atoms with E-state index in [1.807, 2.05) is 0 Å². The summed E-state index contributed by atoms with van der Waals surface area (Å²) in [5, 5.41) is 203. The summed E-state index contributed by atoms with van der Waals surface area (Å²) >= 11 is 0. The van der Waals surface area contributed by atoms with Crippen LogP contribution >= 0.6 is 0 Å². The van der Waals surface area contributed by atoms with Gasteiger partial charge >= 0.3 is 5.97 Å². The maximum Gasteiger partial charge on any atom is 0.314 e. The largest absolute Gasteiger partial charge is 0.432 e. The van der Waals surface area contributed by atoms with Gasteiger partial charge in [0.25, 0.3) is 0 Å². The Hall–Kier alpha value is -1.99. The van der Waals surface area contributed by atoms with Crippen LogP contribution in [0.25, 0.3) is 0 Å². The van der Waals surface area contributed by atoms with E-state index in [0.29, 0.717) is 51.4 Å². The SMILES string of the molecule is C=C1CC23CCC4C(C)(C(=O)OC5OC(CO)C(OC6OC(COC7OC(COC8OC(CO)C(O)C(O)C8O)C(O)C(O)C7O)C(O)C(O)C6O)C(O)C5O)CCCC4(C)C2CCC1(OC1OC(C)C(O)C(O)C1OC1OC(CO)C(O)C(O)C1O)C3. The molecule has 0 radical (unpaired) electrons. The van der Waals surface area contributed by atoms with Crippen LogP contribution in [0.5, 0.6) is 0 Å². The van der Waals surface area contributed by atoms with Gasteiger partial charge in [-0.3, -0.25) is 4.79 Å². The number of fused-ring (bicyclic) bond motifs is 3. The third-order valence-corrected chi connectivity index (χ3v) is 21.2.